The van der Waals surface area contributed by atoms with Gasteiger partial charge in [0.2, 0.25) is 0 Å². The normalized spacial score (nSPS) is 57.1. The molecule has 0 amide bonds. The number of hydrogen-bond donors (Lipinski definition) is 13. The van der Waals surface area contributed by atoms with Crippen molar-refractivity contribution >= 4 is 0 Å². The Morgan fingerprint density at radius 2 is 1.23 bits per heavy atom. The van der Waals surface area contributed by atoms with Gasteiger partial charge < -0.3 is 114 Å². The Morgan fingerprint density at radius 3 is 1.93 bits per heavy atom. The van der Waals surface area contributed by atoms with Crippen LogP contribution in [0.15, 0.2) is 11.6 Å². The molecule has 1 spiro atoms. The smallest absolute Gasteiger partial charge is 0.187 e. The highest BCUT2D eigenvalue weighted by atomic mass is 16.8. The average Bonchev–Trinajstić information content (AvgIpc) is 3.82. The predicted molar refractivity (Wildman–Crippen MR) is 244 cm³/mol. The fourth-order valence-corrected chi connectivity index (χ4v) is 15.3. The summed E-state index contributed by atoms with van der Waals surface area (Å²) in [5, 5.41) is 141. The first-order valence-corrected chi connectivity index (χ1v) is 26.5. The van der Waals surface area contributed by atoms with E-state index in [1.165, 1.54) is 0 Å². The van der Waals surface area contributed by atoms with E-state index in [1.54, 1.807) is 0 Å². The average molecular weight is 1050 g/mol. The van der Waals surface area contributed by atoms with Crippen LogP contribution < -0.4 is 0 Å². The first-order chi connectivity index (χ1) is 34.7. The molecule has 418 valence electrons. The molecule has 0 radical (unpaired) electrons. The highest BCUT2D eigenvalue weighted by molar-refractivity contribution is 5.27. The second-order valence-corrected chi connectivity index (χ2v) is 23.6. The van der Waals surface area contributed by atoms with Crippen molar-refractivity contribution in [3.8, 4) is 0 Å². The number of allylic oxidation sites excluding steroid dienone is 1. The van der Waals surface area contributed by atoms with Gasteiger partial charge in [-0.1, -0.05) is 39.3 Å². The highest BCUT2D eigenvalue weighted by Gasteiger charge is 2.69. The van der Waals surface area contributed by atoms with Crippen LogP contribution in [0.3, 0.4) is 0 Å². The van der Waals surface area contributed by atoms with Gasteiger partial charge in [-0.05, 0) is 85.4 Å². The zero-order chi connectivity index (χ0) is 52.2. The molecule has 10 aliphatic rings. The number of aliphatic hydroxyl groups excluding tert-OH is 13. The van der Waals surface area contributed by atoms with E-state index in [0.717, 1.165) is 50.7 Å². The molecule has 13 N–H and O–H groups in total. The Labute approximate surface area is 423 Å². The second kappa shape index (κ2) is 21.1. The molecular weight excluding hydrogens is 969 g/mol. The summed E-state index contributed by atoms with van der Waals surface area (Å²) in [6.45, 7) is 6.89. The van der Waals surface area contributed by atoms with Crippen molar-refractivity contribution in [2.75, 3.05) is 33.0 Å². The minimum absolute atomic E-state index is 0.101. The predicted octanol–water partition coefficient (Wildman–Crippen LogP) is -3.38. The summed E-state index contributed by atoms with van der Waals surface area (Å²) in [6, 6.07) is 0. The topological polar surface area (TPSA) is 355 Å². The highest BCUT2D eigenvalue weighted by Crippen LogP contribution is 2.71. The SMILES string of the molecule is CC1CC[C@@]2(OC1)OC1CC3C4CC=C5CC(OC6OC(CO)C(OC7OC(CO)C(O)C(OC8OCC(O)C(O)C8O)C7OC7OC(CO)C(O)C(O)C7O)C(O)C6O)[C@H](O)CC5(C)C4CCC3(C)C1[C@@H]2C. The molecule has 73 heavy (non-hydrogen) atoms. The van der Waals surface area contributed by atoms with Crippen LogP contribution in [0.1, 0.15) is 79.1 Å². The van der Waals surface area contributed by atoms with E-state index in [2.05, 4.69) is 33.8 Å². The first kappa shape index (κ1) is 55.1. The molecule has 0 aromatic heterocycles. The quantitative estimate of drug-likeness (QED) is 0.0898. The van der Waals surface area contributed by atoms with Crippen LogP contribution in [0.5, 0.6) is 0 Å². The van der Waals surface area contributed by atoms with Gasteiger partial charge in [-0.15, -0.1) is 0 Å². The van der Waals surface area contributed by atoms with Crippen LogP contribution in [0.25, 0.3) is 0 Å². The Balaban J connectivity index is 0.837. The van der Waals surface area contributed by atoms with Crippen molar-refractivity contribution in [1.29, 1.82) is 0 Å². The summed E-state index contributed by atoms with van der Waals surface area (Å²) < 4.78 is 61.0. The lowest BCUT2D eigenvalue weighted by atomic mass is 9.46. The summed E-state index contributed by atoms with van der Waals surface area (Å²) in [5.41, 5.74) is 0.927. The Bertz CT molecular complexity index is 1920. The van der Waals surface area contributed by atoms with Gasteiger partial charge in [-0.25, -0.2) is 0 Å². The zero-order valence-electron chi connectivity index (χ0n) is 41.8. The monoisotopic (exact) mass is 1050 g/mol. The number of fused-ring (bicyclic) bond motifs is 7. The van der Waals surface area contributed by atoms with Crippen molar-refractivity contribution in [3.05, 3.63) is 11.6 Å². The third kappa shape index (κ3) is 9.41. The minimum Gasteiger partial charge on any atom is -0.394 e. The molecule has 28 unspecified atom stereocenters. The standard InChI is InChI=1S/C50H80O23/c1-19-7-10-50(65-17-19)20(2)32-28(73-50)12-24-22-6-5-21-11-27(25(54)13-49(21,4)23(22)8-9-48(24,32)3)66-45-40(63)37(60)41(31(16-53)69-45)70-47-43(72-46-39(62)36(59)34(57)29(14-51)67-46)42(35(58)30(15-52)68-47)71-44-38(61)33(56)26(55)18-64-44/h5,19-20,22-47,51-63H,6-18H2,1-4H3/t19?,20-,22?,23?,24?,25+,26?,27?,28?,29?,30?,31?,32?,33?,34?,35?,36?,37?,38?,39?,40?,41?,42?,43?,44?,45?,46?,47?,48?,49?,50+/m0/s1. The van der Waals surface area contributed by atoms with Gasteiger partial charge in [0.1, 0.15) is 91.6 Å². The van der Waals surface area contributed by atoms with E-state index in [4.69, 9.17) is 47.4 Å². The lowest BCUT2D eigenvalue weighted by molar-refractivity contribution is -0.404. The maximum absolute atomic E-state index is 11.9. The van der Waals surface area contributed by atoms with Crippen LogP contribution in [-0.4, -0.2) is 240 Å². The number of aliphatic hydroxyl groups is 13. The van der Waals surface area contributed by atoms with E-state index >= 15 is 0 Å². The molecule has 3 saturated carbocycles. The summed E-state index contributed by atoms with van der Waals surface area (Å²) >= 11 is 0. The molecule has 10 rings (SSSR count). The van der Waals surface area contributed by atoms with Gasteiger partial charge >= 0.3 is 0 Å². The molecule has 0 bridgehead atoms. The first-order valence-electron chi connectivity index (χ1n) is 26.5. The van der Waals surface area contributed by atoms with Crippen LogP contribution in [0.4, 0.5) is 0 Å². The third-order valence-corrected chi connectivity index (χ3v) is 19.5. The molecule has 9 fully saturated rings. The molecule has 0 aromatic rings. The van der Waals surface area contributed by atoms with Crippen molar-refractivity contribution in [3.63, 3.8) is 0 Å². The maximum Gasteiger partial charge on any atom is 0.187 e. The number of rotatable bonds is 11. The van der Waals surface area contributed by atoms with E-state index in [0.29, 0.717) is 48.3 Å². The lowest BCUT2D eigenvalue weighted by Gasteiger charge is -2.59. The summed E-state index contributed by atoms with van der Waals surface area (Å²) in [4.78, 5) is 0. The van der Waals surface area contributed by atoms with Crippen molar-refractivity contribution in [1.82, 2.24) is 0 Å². The van der Waals surface area contributed by atoms with Crippen molar-refractivity contribution < 1.29 is 114 Å². The number of hydrogen-bond acceptors (Lipinski definition) is 23. The molecule has 31 atom stereocenters. The maximum atomic E-state index is 11.9. The van der Waals surface area contributed by atoms with Crippen LogP contribution in [-0.2, 0) is 47.4 Å². The fourth-order valence-electron chi connectivity index (χ4n) is 15.3. The molecular formula is C50H80O23. The van der Waals surface area contributed by atoms with Gasteiger partial charge in [0, 0.05) is 12.3 Å². The van der Waals surface area contributed by atoms with Crippen molar-refractivity contribution in [2.45, 2.75) is 220 Å². The Morgan fingerprint density at radius 1 is 0.603 bits per heavy atom. The van der Waals surface area contributed by atoms with Gasteiger partial charge in [-0.2, -0.15) is 0 Å². The van der Waals surface area contributed by atoms with Crippen LogP contribution >= 0.6 is 0 Å². The van der Waals surface area contributed by atoms with Gasteiger partial charge in [0.05, 0.1) is 51.3 Å². The van der Waals surface area contributed by atoms with E-state index in [1.807, 2.05) is 0 Å². The largest absolute Gasteiger partial charge is 0.394 e. The lowest BCUT2D eigenvalue weighted by Crippen LogP contribution is -2.68. The van der Waals surface area contributed by atoms with Gasteiger partial charge in [0.25, 0.3) is 0 Å². The molecule has 23 nitrogen and oxygen atoms in total. The fraction of sp³-hybridized carbons (Fsp3) is 0.960. The summed E-state index contributed by atoms with van der Waals surface area (Å²) in [6.07, 6.45) is -26.6. The van der Waals surface area contributed by atoms with E-state index < -0.39 is 161 Å². The molecule has 0 aromatic carbocycles. The van der Waals surface area contributed by atoms with E-state index in [-0.39, 0.29) is 16.9 Å². The molecule has 4 aliphatic carbocycles. The van der Waals surface area contributed by atoms with E-state index in [9.17, 15) is 66.4 Å². The third-order valence-electron chi connectivity index (χ3n) is 19.5. The van der Waals surface area contributed by atoms with Crippen LogP contribution in [0, 0.1) is 46.3 Å². The second-order valence-electron chi connectivity index (χ2n) is 23.6. The Kier molecular flexibility index (Phi) is 16.0. The molecule has 6 heterocycles. The summed E-state index contributed by atoms with van der Waals surface area (Å²) in [7, 11) is 0. The Hall–Kier alpha value is -1.18. The minimum atomic E-state index is -2.02. The van der Waals surface area contributed by atoms with Crippen LogP contribution in [0.2, 0.25) is 0 Å². The van der Waals surface area contributed by atoms with Gasteiger partial charge in [-0.3, -0.25) is 0 Å². The zero-order valence-corrected chi connectivity index (χ0v) is 41.8. The number of ether oxygens (including phenoxy) is 10. The molecule has 6 saturated heterocycles. The van der Waals surface area contributed by atoms with Crippen molar-refractivity contribution in [2.24, 2.45) is 46.3 Å². The molecule has 23 heteroatoms. The van der Waals surface area contributed by atoms with Gasteiger partial charge in [0.15, 0.2) is 30.9 Å². The summed E-state index contributed by atoms with van der Waals surface area (Å²) in [5.74, 6) is 1.91. The molecule has 6 aliphatic heterocycles.